The summed E-state index contributed by atoms with van der Waals surface area (Å²) in [5, 5.41) is 10.5. The zero-order valence-electron chi connectivity index (χ0n) is 54.9. The van der Waals surface area contributed by atoms with Crippen LogP contribution in [-0.4, -0.2) is 96.7 Å². The molecular formula is C66H128O17P2. The Morgan fingerprint density at radius 1 is 0.341 bits per heavy atom. The van der Waals surface area contributed by atoms with Gasteiger partial charge in [-0.2, -0.15) is 0 Å². The minimum Gasteiger partial charge on any atom is -0.462 e. The number of aliphatic hydroxyl groups excluding tert-OH is 1. The van der Waals surface area contributed by atoms with Crippen LogP contribution in [0.5, 0.6) is 0 Å². The third-order valence-electron chi connectivity index (χ3n) is 15.6. The van der Waals surface area contributed by atoms with E-state index in [2.05, 4.69) is 41.5 Å². The number of carbonyl (C=O) groups excluding carboxylic acids is 4. The van der Waals surface area contributed by atoms with Gasteiger partial charge in [-0.05, 0) is 37.5 Å². The van der Waals surface area contributed by atoms with E-state index in [4.69, 9.17) is 37.0 Å². The highest BCUT2D eigenvalue weighted by molar-refractivity contribution is 7.47. The number of phosphoric acid groups is 2. The van der Waals surface area contributed by atoms with Gasteiger partial charge < -0.3 is 33.8 Å². The van der Waals surface area contributed by atoms with E-state index in [0.29, 0.717) is 25.7 Å². The van der Waals surface area contributed by atoms with Gasteiger partial charge >= 0.3 is 39.5 Å². The van der Waals surface area contributed by atoms with Gasteiger partial charge in [-0.25, -0.2) is 9.13 Å². The van der Waals surface area contributed by atoms with Crippen LogP contribution in [0.15, 0.2) is 0 Å². The quantitative estimate of drug-likeness (QED) is 0.0222. The van der Waals surface area contributed by atoms with Crippen LogP contribution in [0, 0.1) is 11.8 Å². The molecule has 17 nitrogen and oxygen atoms in total. The number of aliphatic hydroxyl groups is 1. The molecule has 6 atom stereocenters. The van der Waals surface area contributed by atoms with Crippen molar-refractivity contribution in [1.82, 2.24) is 0 Å². The molecule has 0 saturated carbocycles. The molecule has 0 rings (SSSR count). The van der Waals surface area contributed by atoms with Gasteiger partial charge in [0.25, 0.3) is 0 Å². The van der Waals surface area contributed by atoms with Gasteiger partial charge in [-0.15, -0.1) is 0 Å². The van der Waals surface area contributed by atoms with Crippen LogP contribution in [0.25, 0.3) is 0 Å². The van der Waals surface area contributed by atoms with Crippen molar-refractivity contribution in [3.05, 3.63) is 0 Å². The lowest BCUT2D eigenvalue weighted by Gasteiger charge is -2.21. The first-order chi connectivity index (χ1) is 40.9. The molecule has 3 unspecified atom stereocenters. The molecule has 0 amide bonds. The van der Waals surface area contributed by atoms with E-state index in [1.165, 1.54) is 141 Å². The molecule has 0 aliphatic carbocycles. The molecule has 0 radical (unpaired) electrons. The van der Waals surface area contributed by atoms with Gasteiger partial charge in [0.1, 0.15) is 19.3 Å². The Morgan fingerprint density at radius 3 is 0.894 bits per heavy atom. The number of esters is 4. The predicted octanol–water partition coefficient (Wildman–Crippen LogP) is 18.4. The Hall–Kier alpha value is -1.94. The molecule has 0 heterocycles. The lowest BCUT2D eigenvalue weighted by molar-refractivity contribution is -0.161. The van der Waals surface area contributed by atoms with Gasteiger partial charge in [0.15, 0.2) is 12.2 Å². The second kappa shape index (κ2) is 58.4. The molecule has 504 valence electrons. The van der Waals surface area contributed by atoms with Crippen molar-refractivity contribution >= 4 is 39.5 Å². The van der Waals surface area contributed by atoms with Gasteiger partial charge in [0.2, 0.25) is 0 Å². The Labute approximate surface area is 517 Å². The van der Waals surface area contributed by atoms with E-state index in [-0.39, 0.29) is 25.7 Å². The molecule has 0 aromatic heterocycles. The first kappa shape index (κ1) is 83.1. The lowest BCUT2D eigenvalue weighted by Crippen LogP contribution is -2.30. The van der Waals surface area contributed by atoms with E-state index in [1.54, 1.807) is 0 Å². The predicted molar refractivity (Wildman–Crippen MR) is 340 cm³/mol. The highest BCUT2D eigenvalue weighted by Gasteiger charge is 2.30. The minimum absolute atomic E-state index is 0.105. The third-order valence-corrected chi connectivity index (χ3v) is 17.5. The second-order valence-electron chi connectivity index (χ2n) is 24.6. The van der Waals surface area contributed by atoms with Crippen molar-refractivity contribution in [2.45, 2.75) is 349 Å². The number of rotatable bonds is 65. The van der Waals surface area contributed by atoms with E-state index in [1.807, 2.05) is 0 Å². The molecule has 0 aromatic carbocycles. The number of hydrogen-bond acceptors (Lipinski definition) is 15. The summed E-state index contributed by atoms with van der Waals surface area (Å²) < 4.78 is 67.9. The average Bonchev–Trinajstić information content (AvgIpc) is 3.56. The first-order valence-corrected chi connectivity index (χ1v) is 37.5. The third kappa shape index (κ3) is 59.5. The summed E-state index contributed by atoms with van der Waals surface area (Å²) in [5.41, 5.74) is 0. The van der Waals surface area contributed by atoms with Crippen LogP contribution in [-0.2, 0) is 65.4 Å². The molecular weight excluding hydrogens is 1130 g/mol. The zero-order valence-corrected chi connectivity index (χ0v) is 56.7. The van der Waals surface area contributed by atoms with Crippen molar-refractivity contribution < 1.29 is 80.2 Å². The van der Waals surface area contributed by atoms with Crippen molar-refractivity contribution in [2.24, 2.45) is 11.8 Å². The summed E-state index contributed by atoms with van der Waals surface area (Å²) in [7, 11) is -9.88. The Morgan fingerprint density at radius 2 is 0.600 bits per heavy atom. The van der Waals surface area contributed by atoms with Crippen LogP contribution < -0.4 is 0 Å². The van der Waals surface area contributed by atoms with E-state index < -0.39 is 97.5 Å². The fourth-order valence-corrected chi connectivity index (χ4v) is 11.4. The molecule has 0 fully saturated rings. The standard InChI is InChI=1S/C66H128O17P2/c1-7-10-12-14-15-16-25-32-38-44-50-65(70)82-61(54-76-63(68)48-42-34-13-11-8-2)56-80-84(72,73)78-52-60(67)53-79-85(74,75)81-57-62(55-77-64(69)49-43-37-31-28-27-30-36-41-47-59(6)9-3)83-66(71)51-45-39-33-26-23-21-19-17-18-20-22-24-29-35-40-46-58(4)5/h58-62,67H,7-57H2,1-6H3,(H,72,73)(H,74,75)/t59?,60-,61+,62+/m0/s1. The van der Waals surface area contributed by atoms with E-state index >= 15 is 0 Å². The van der Waals surface area contributed by atoms with Crippen LogP contribution in [0.3, 0.4) is 0 Å². The SMILES string of the molecule is CCCCCCCCCCCCC(=O)O[C@H](COC(=O)CCCCCCC)COP(=O)(O)OC[C@H](O)COP(=O)(O)OC[C@@H](COC(=O)CCCCCCCCCCC(C)CC)OC(=O)CCCCCCCCCCCCCCCCCC(C)C. The monoisotopic (exact) mass is 1250 g/mol. The van der Waals surface area contributed by atoms with Crippen LogP contribution >= 0.6 is 15.6 Å². The van der Waals surface area contributed by atoms with E-state index in [0.717, 1.165) is 108 Å². The second-order valence-corrected chi connectivity index (χ2v) is 27.5. The number of ether oxygens (including phenoxy) is 4. The van der Waals surface area contributed by atoms with Crippen LogP contribution in [0.1, 0.15) is 330 Å². The highest BCUT2D eigenvalue weighted by atomic mass is 31.2. The van der Waals surface area contributed by atoms with Crippen molar-refractivity contribution in [1.29, 1.82) is 0 Å². The van der Waals surface area contributed by atoms with Crippen molar-refractivity contribution in [2.75, 3.05) is 39.6 Å². The molecule has 0 aromatic rings. The maximum Gasteiger partial charge on any atom is 0.472 e. The van der Waals surface area contributed by atoms with Gasteiger partial charge in [-0.1, -0.05) is 279 Å². The number of phosphoric ester groups is 2. The smallest absolute Gasteiger partial charge is 0.462 e. The zero-order chi connectivity index (χ0) is 62.9. The van der Waals surface area contributed by atoms with Crippen LogP contribution in [0.4, 0.5) is 0 Å². The lowest BCUT2D eigenvalue weighted by atomic mass is 9.99. The largest absolute Gasteiger partial charge is 0.472 e. The highest BCUT2D eigenvalue weighted by Crippen LogP contribution is 2.45. The van der Waals surface area contributed by atoms with Crippen molar-refractivity contribution in [3.63, 3.8) is 0 Å². The average molecular weight is 1260 g/mol. The molecule has 0 aliphatic heterocycles. The normalized spacial score (nSPS) is 14.6. The molecule has 3 N–H and O–H groups in total. The maximum absolute atomic E-state index is 13.0. The fourth-order valence-electron chi connectivity index (χ4n) is 9.85. The topological polar surface area (TPSA) is 237 Å². The maximum atomic E-state index is 13.0. The van der Waals surface area contributed by atoms with E-state index in [9.17, 15) is 43.2 Å². The van der Waals surface area contributed by atoms with Gasteiger partial charge in [-0.3, -0.25) is 37.3 Å². The molecule has 0 saturated heterocycles. The summed E-state index contributed by atoms with van der Waals surface area (Å²) in [6, 6.07) is 0. The first-order valence-electron chi connectivity index (χ1n) is 34.5. The minimum atomic E-state index is -4.95. The number of unbranched alkanes of at least 4 members (excludes halogenated alkanes) is 34. The fraction of sp³-hybridized carbons (Fsp3) is 0.939. The summed E-state index contributed by atoms with van der Waals surface area (Å²) >= 11 is 0. The molecule has 19 heteroatoms. The number of carbonyl (C=O) groups is 4. The Bertz CT molecular complexity index is 1670. The summed E-state index contributed by atoms with van der Waals surface area (Å²) in [6.45, 7) is 9.45. The van der Waals surface area contributed by atoms with Gasteiger partial charge in [0, 0.05) is 25.7 Å². The van der Waals surface area contributed by atoms with Crippen LogP contribution in [0.2, 0.25) is 0 Å². The summed E-state index contributed by atoms with van der Waals surface area (Å²) in [4.78, 5) is 72.0. The number of hydrogen-bond donors (Lipinski definition) is 3. The molecule has 0 spiro atoms. The molecule has 0 aliphatic rings. The summed E-state index contributed by atoms with van der Waals surface area (Å²) in [6.07, 6.45) is 42.0. The Balaban J connectivity index is 5.15. The molecule has 0 bridgehead atoms. The Kier molecular flexibility index (Phi) is 57.1. The van der Waals surface area contributed by atoms with Gasteiger partial charge in [0.05, 0.1) is 26.4 Å². The van der Waals surface area contributed by atoms with Crippen molar-refractivity contribution in [3.8, 4) is 0 Å². The molecule has 85 heavy (non-hydrogen) atoms. The summed E-state index contributed by atoms with van der Waals surface area (Å²) in [5.74, 6) is -0.562.